The molecule has 1 saturated heterocycles. The SMILES string of the molecule is CC(C)CCCC(C)C1CCC2C3CCC4N(C)C(Cc5ccccc5)CC[C@]4(C)C3CC[C@]12C. The van der Waals surface area contributed by atoms with Gasteiger partial charge < -0.3 is 0 Å². The van der Waals surface area contributed by atoms with Crippen molar-refractivity contribution in [2.24, 2.45) is 46.3 Å². The fourth-order valence-electron chi connectivity index (χ4n) is 10.5. The zero-order chi connectivity index (χ0) is 24.8. The predicted molar refractivity (Wildman–Crippen MR) is 150 cm³/mol. The van der Waals surface area contributed by atoms with E-state index < -0.39 is 0 Å². The third-order valence-electron chi connectivity index (χ3n) is 12.4. The average Bonchev–Trinajstić information content (AvgIpc) is 3.19. The molecule has 196 valence electrons. The van der Waals surface area contributed by atoms with E-state index in [4.69, 9.17) is 0 Å². The molecule has 1 aromatic carbocycles. The van der Waals surface area contributed by atoms with E-state index in [1.807, 2.05) is 0 Å². The molecule has 3 saturated carbocycles. The molecular formula is C34H55N. The highest BCUT2D eigenvalue weighted by atomic mass is 15.2. The Bertz CT molecular complexity index is 830. The highest BCUT2D eigenvalue weighted by Gasteiger charge is 2.61. The lowest BCUT2D eigenvalue weighted by molar-refractivity contribution is -0.136. The van der Waals surface area contributed by atoms with Crippen molar-refractivity contribution in [1.82, 2.24) is 4.90 Å². The summed E-state index contributed by atoms with van der Waals surface area (Å²) < 4.78 is 0. The van der Waals surface area contributed by atoms with Crippen LogP contribution in [-0.2, 0) is 6.42 Å². The molecule has 0 amide bonds. The van der Waals surface area contributed by atoms with E-state index in [1.54, 1.807) is 0 Å². The standard InChI is InChI=1S/C34H55N/c1-24(2)11-10-12-25(3)29-16-17-30-28-15-18-32-34(5,31(28)20-22-33(29,30)4)21-19-27(35(32)6)23-26-13-8-7-9-14-26/h7-9,13-14,24-25,27-32H,10-12,15-23H2,1-6H3/t25?,27?,28?,29?,30?,31?,32?,33-,34-/m1/s1. The molecule has 35 heavy (non-hydrogen) atoms. The average molecular weight is 478 g/mol. The van der Waals surface area contributed by atoms with E-state index in [0.717, 1.165) is 47.6 Å². The molecule has 0 aromatic heterocycles. The molecule has 3 aliphatic carbocycles. The summed E-state index contributed by atoms with van der Waals surface area (Å²) in [5.41, 5.74) is 2.68. The molecule has 0 radical (unpaired) electrons. The lowest BCUT2D eigenvalue weighted by atomic mass is 9.46. The largest absolute Gasteiger partial charge is 0.300 e. The zero-order valence-electron chi connectivity index (χ0n) is 23.9. The van der Waals surface area contributed by atoms with E-state index in [2.05, 4.69) is 76.9 Å². The van der Waals surface area contributed by atoms with Crippen molar-refractivity contribution in [3.05, 3.63) is 35.9 Å². The fourth-order valence-corrected chi connectivity index (χ4v) is 10.5. The van der Waals surface area contributed by atoms with Crippen molar-refractivity contribution in [2.75, 3.05) is 7.05 Å². The molecule has 1 heteroatoms. The van der Waals surface area contributed by atoms with Crippen LogP contribution in [-0.4, -0.2) is 24.0 Å². The number of rotatable bonds is 7. The van der Waals surface area contributed by atoms with E-state index in [0.29, 0.717) is 10.8 Å². The first-order chi connectivity index (χ1) is 16.7. The highest BCUT2D eigenvalue weighted by molar-refractivity contribution is 5.18. The fraction of sp³-hybridized carbons (Fsp3) is 0.824. The van der Waals surface area contributed by atoms with Gasteiger partial charge in [0.2, 0.25) is 0 Å². The summed E-state index contributed by atoms with van der Waals surface area (Å²) in [5, 5.41) is 0. The molecule has 4 fully saturated rings. The lowest BCUT2D eigenvalue weighted by Gasteiger charge is -2.63. The summed E-state index contributed by atoms with van der Waals surface area (Å²) in [6.45, 7) is 12.9. The lowest BCUT2D eigenvalue weighted by Crippen LogP contribution is -2.62. The minimum Gasteiger partial charge on any atom is -0.300 e. The molecule has 1 nitrogen and oxygen atoms in total. The van der Waals surface area contributed by atoms with Crippen molar-refractivity contribution >= 4 is 0 Å². The number of fused-ring (bicyclic) bond motifs is 5. The van der Waals surface area contributed by atoms with Gasteiger partial charge in [-0.2, -0.15) is 0 Å². The van der Waals surface area contributed by atoms with Crippen LogP contribution >= 0.6 is 0 Å². The van der Waals surface area contributed by atoms with Gasteiger partial charge in [0, 0.05) is 12.1 Å². The Morgan fingerprint density at radius 2 is 1.54 bits per heavy atom. The number of likely N-dealkylation sites (tertiary alicyclic amines) is 1. The van der Waals surface area contributed by atoms with Crippen molar-refractivity contribution in [1.29, 1.82) is 0 Å². The first-order valence-electron chi connectivity index (χ1n) is 15.5. The van der Waals surface area contributed by atoms with Gasteiger partial charge in [-0.1, -0.05) is 84.2 Å². The first kappa shape index (κ1) is 25.8. The van der Waals surface area contributed by atoms with Gasteiger partial charge in [-0.3, -0.25) is 4.90 Å². The van der Waals surface area contributed by atoms with Crippen molar-refractivity contribution in [3.63, 3.8) is 0 Å². The topological polar surface area (TPSA) is 3.24 Å². The maximum atomic E-state index is 2.86. The molecule has 1 aromatic rings. The number of piperidine rings is 1. The van der Waals surface area contributed by atoms with Crippen molar-refractivity contribution in [2.45, 2.75) is 124 Å². The molecule has 0 bridgehead atoms. The second-order valence-corrected chi connectivity index (χ2v) is 14.6. The summed E-state index contributed by atoms with van der Waals surface area (Å²) in [6, 6.07) is 12.8. The first-order valence-corrected chi connectivity index (χ1v) is 15.5. The monoisotopic (exact) mass is 477 g/mol. The number of hydrogen-bond donors (Lipinski definition) is 0. The van der Waals surface area contributed by atoms with Gasteiger partial charge in [0.05, 0.1) is 0 Å². The Hall–Kier alpha value is -0.820. The highest BCUT2D eigenvalue weighted by Crippen LogP contribution is 2.67. The zero-order valence-corrected chi connectivity index (χ0v) is 23.9. The van der Waals surface area contributed by atoms with Gasteiger partial charge in [0.25, 0.3) is 0 Å². The molecule has 0 N–H and O–H groups in total. The number of nitrogens with zero attached hydrogens (tertiary/aromatic N) is 1. The van der Waals surface area contributed by atoms with Crippen LogP contribution in [0.4, 0.5) is 0 Å². The van der Waals surface area contributed by atoms with Gasteiger partial charge in [-0.25, -0.2) is 0 Å². The molecule has 1 heterocycles. The van der Waals surface area contributed by atoms with Crippen LogP contribution in [0.1, 0.15) is 111 Å². The van der Waals surface area contributed by atoms with Crippen LogP contribution in [0.5, 0.6) is 0 Å². The quantitative estimate of drug-likeness (QED) is 0.378. The second-order valence-electron chi connectivity index (χ2n) is 14.6. The molecule has 9 atom stereocenters. The minimum atomic E-state index is 0.535. The van der Waals surface area contributed by atoms with Crippen LogP contribution in [0.2, 0.25) is 0 Å². The number of hydrogen-bond acceptors (Lipinski definition) is 1. The summed E-state index contributed by atoms with van der Waals surface area (Å²) in [4.78, 5) is 2.86. The third-order valence-corrected chi connectivity index (χ3v) is 12.4. The molecule has 0 spiro atoms. The van der Waals surface area contributed by atoms with Crippen molar-refractivity contribution < 1.29 is 0 Å². The summed E-state index contributed by atoms with van der Waals surface area (Å²) in [7, 11) is 2.48. The molecule has 1 aliphatic heterocycles. The normalized spacial score (nSPS) is 42.4. The van der Waals surface area contributed by atoms with Crippen LogP contribution in [0.15, 0.2) is 30.3 Å². The third kappa shape index (κ3) is 4.66. The second kappa shape index (κ2) is 10.2. The molecule has 7 unspecified atom stereocenters. The van der Waals surface area contributed by atoms with E-state index >= 15 is 0 Å². The van der Waals surface area contributed by atoms with Crippen LogP contribution < -0.4 is 0 Å². The van der Waals surface area contributed by atoms with Gasteiger partial charge in [-0.05, 0) is 117 Å². The Balaban J connectivity index is 1.27. The van der Waals surface area contributed by atoms with Crippen LogP contribution in [0.3, 0.4) is 0 Å². The van der Waals surface area contributed by atoms with E-state index in [9.17, 15) is 0 Å². The minimum absolute atomic E-state index is 0.535. The number of benzene rings is 1. The molecule has 4 aliphatic rings. The Morgan fingerprint density at radius 3 is 2.29 bits per heavy atom. The van der Waals surface area contributed by atoms with E-state index in [-0.39, 0.29) is 0 Å². The summed E-state index contributed by atoms with van der Waals surface area (Å²) in [6.07, 6.45) is 17.4. The molecular weight excluding hydrogens is 422 g/mol. The summed E-state index contributed by atoms with van der Waals surface area (Å²) in [5.74, 6) is 5.74. The Morgan fingerprint density at radius 1 is 0.829 bits per heavy atom. The maximum absolute atomic E-state index is 2.86. The number of likely N-dealkylation sites (N-methyl/N-ethyl adjacent to an activating group) is 1. The Kier molecular flexibility index (Phi) is 7.49. The van der Waals surface area contributed by atoms with Crippen LogP contribution in [0, 0.1) is 46.3 Å². The van der Waals surface area contributed by atoms with Crippen molar-refractivity contribution in [3.8, 4) is 0 Å². The van der Waals surface area contributed by atoms with Gasteiger partial charge in [0.15, 0.2) is 0 Å². The van der Waals surface area contributed by atoms with Gasteiger partial charge in [0.1, 0.15) is 0 Å². The summed E-state index contributed by atoms with van der Waals surface area (Å²) >= 11 is 0. The predicted octanol–water partition coefficient (Wildman–Crippen LogP) is 9.01. The smallest absolute Gasteiger partial charge is 0.0152 e. The Labute approximate surface area is 217 Å². The van der Waals surface area contributed by atoms with Gasteiger partial charge in [-0.15, -0.1) is 0 Å². The maximum Gasteiger partial charge on any atom is 0.0152 e. The van der Waals surface area contributed by atoms with Crippen LogP contribution in [0.25, 0.3) is 0 Å². The van der Waals surface area contributed by atoms with E-state index in [1.165, 1.54) is 82.6 Å². The van der Waals surface area contributed by atoms with Gasteiger partial charge >= 0.3 is 0 Å². The molecule has 5 rings (SSSR count).